The number of aliphatic hydroxyl groups excluding tert-OH is 1. The summed E-state index contributed by atoms with van der Waals surface area (Å²) in [5.41, 5.74) is 1.41. The molecule has 0 bridgehead atoms. The van der Waals surface area contributed by atoms with E-state index in [9.17, 15) is 9.90 Å². The first-order chi connectivity index (χ1) is 9.16. The molecule has 1 aromatic carbocycles. The molecule has 104 valence electrons. The molecule has 2 N–H and O–H groups in total. The highest BCUT2D eigenvalue weighted by molar-refractivity contribution is 5.87. The van der Waals surface area contributed by atoms with Crippen molar-refractivity contribution in [2.45, 2.75) is 51.0 Å². The molecule has 2 rings (SSSR count). The Bertz CT molecular complexity index is 405. The second-order valence-electron chi connectivity index (χ2n) is 5.51. The lowest BCUT2D eigenvalue weighted by molar-refractivity contribution is 0.0696. The van der Waals surface area contributed by atoms with Crippen molar-refractivity contribution in [2.24, 2.45) is 5.92 Å². The fourth-order valence-electron chi connectivity index (χ4n) is 2.88. The number of hydrogen-bond donors (Lipinski definition) is 2. The van der Waals surface area contributed by atoms with Crippen molar-refractivity contribution < 1.29 is 15.0 Å². The topological polar surface area (TPSA) is 57.5 Å². The largest absolute Gasteiger partial charge is 0.478 e. The molecular weight excluding hydrogens is 240 g/mol. The first-order valence-electron chi connectivity index (χ1n) is 7.17. The van der Waals surface area contributed by atoms with E-state index in [1.54, 1.807) is 12.1 Å². The van der Waals surface area contributed by atoms with E-state index in [1.807, 2.05) is 12.1 Å². The quantitative estimate of drug-likeness (QED) is 0.856. The second kappa shape index (κ2) is 6.71. The van der Waals surface area contributed by atoms with Crippen LogP contribution in [0.15, 0.2) is 24.3 Å². The van der Waals surface area contributed by atoms with Gasteiger partial charge in [0.1, 0.15) is 0 Å². The SMILES string of the molecule is O=C(O)c1ccc(CCC(O)C2CCCCC2)cc1. The summed E-state index contributed by atoms with van der Waals surface area (Å²) in [7, 11) is 0. The first-order valence-corrected chi connectivity index (χ1v) is 7.17. The van der Waals surface area contributed by atoms with Gasteiger partial charge in [0.2, 0.25) is 0 Å². The Morgan fingerprint density at radius 1 is 1.16 bits per heavy atom. The number of hydrogen-bond acceptors (Lipinski definition) is 2. The minimum atomic E-state index is -0.895. The molecule has 1 unspecified atom stereocenters. The molecule has 0 amide bonds. The van der Waals surface area contributed by atoms with Gasteiger partial charge in [-0.15, -0.1) is 0 Å². The van der Waals surface area contributed by atoms with E-state index in [-0.39, 0.29) is 6.10 Å². The lowest BCUT2D eigenvalue weighted by Crippen LogP contribution is -2.23. The molecule has 0 heterocycles. The van der Waals surface area contributed by atoms with Gasteiger partial charge in [-0.25, -0.2) is 4.79 Å². The fourth-order valence-corrected chi connectivity index (χ4v) is 2.88. The molecule has 1 aliphatic rings. The summed E-state index contributed by atoms with van der Waals surface area (Å²) in [5, 5.41) is 19.0. The Morgan fingerprint density at radius 3 is 2.37 bits per heavy atom. The maximum atomic E-state index is 10.7. The molecule has 1 aromatic rings. The Balaban J connectivity index is 1.82. The average molecular weight is 262 g/mol. The number of carboxylic acid groups (broad SMARTS) is 1. The molecule has 0 aliphatic heterocycles. The third kappa shape index (κ3) is 4.06. The van der Waals surface area contributed by atoms with Crippen molar-refractivity contribution in [3.8, 4) is 0 Å². The van der Waals surface area contributed by atoms with Gasteiger partial charge in [-0.3, -0.25) is 0 Å². The molecule has 0 spiro atoms. The third-order valence-electron chi connectivity index (χ3n) is 4.12. The van der Waals surface area contributed by atoms with Crippen molar-refractivity contribution in [3.05, 3.63) is 35.4 Å². The van der Waals surface area contributed by atoms with Crippen LogP contribution >= 0.6 is 0 Å². The maximum absolute atomic E-state index is 10.7. The van der Waals surface area contributed by atoms with Gasteiger partial charge in [0.25, 0.3) is 0 Å². The summed E-state index contributed by atoms with van der Waals surface area (Å²) in [6, 6.07) is 6.95. The van der Waals surface area contributed by atoms with Crippen LogP contribution in [0.5, 0.6) is 0 Å². The van der Waals surface area contributed by atoms with Crippen LogP contribution in [0, 0.1) is 5.92 Å². The van der Waals surface area contributed by atoms with Crippen LogP contribution in [-0.4, -0.2) is 22.3 Å². The van der Waals surface area contributed by atoms with Gasteiger partial charge in [-0.05, 0) is 49.3 Å². The minimum Gasteiger partial charge on any atom is -0.478 e. The Morgan fingerprint density at radius 2 is 1.79 bits per heavy atom. The number of carbonyl (C=O) groups is 1. The van der Waals surface area contributed by atoms with Crippen LogP contribution in [0.2, 0.25) is 0 Å². The molecular formula is C16H22O3. The van der Waals surface area contributed by atoms with Gasteiger partial charge in [0, 0.05) is 0 Å². The highest BCUT2D eigenvalue weighted by Gasteiger charge is 2.21. The van der Waals surface area contributed by atoms with E-state index in [1.165, 1.54) is 19.3 Å². The van der Waals surface area contributed by atoms with E-state index < -0.39 is 5.97 Å². The molecule has 1 aliphatic carbocycles. The molecule has 3 heteroatoms. The highest BCUT2D eigenvalue weighted by atomic mass is 16.4. The zero-order valence-corrected chi connectivity index (χ0v) is 11.2. The number of aryl methyl sites for hydroxylation is 1. The molecule has 19 heavy (non-hydrogen) atoms. The van der Waals surface area contributed by atoms with Crippen LogP contribution in [0.3, 0.4) is 0 Å². The smallest absolute Gasteiger partial charge is 0.335 e. The third-order valence-corrected chi connectivity index (χ3v) is 4.12. The van der Waals surface area contributed by atoms with E-state index in [0.29, 0.717) is 11.5 Å². The molecule has 0 aromatic heterocycles. The van der Waals surface area contributed by atoms with E-state index in [0.717, 1.165) is 31.2 Å². The zero-order valence-electron chi connectivity index (χ0n) is 11.2. The van der Waals surface area contributed by atoms with E-state index in [2.05, 4.69) is 0 Å². The predicted molar refractivity (Wildman–Crippen MR) is 74.3 cm³/mol. The summed E-state index contributed by atoms with van der Waals surface area (Å²) < 4.78 is 0. The summed E-state index contributed by atoms with van der Waals surface area (Å²) in [5.74, 6) is -0.430. The fraction of sp³-hybridized carbons (Fsp3) is 0.562. The molecule has 1 atom stereocenters. The number of aliphatic hydroxyl groups is 1. The first kappa shape index (κ1) is 14.1. The van der Waals surface area contributed by atoms with Gasteiger partial charge < -0.3 is 10.2 Å². The van der Waals surface area contributed by atoms with Gasteiger partial charge in [0.15, 0.2) is 0 Å². The molecule has 0 saturated heterocycles. The number of benzene rings is 1. The normalized spacial score (nSPS) is 18.2. The van der Waals surface area contributed by atoms with Crippen molar-refractivity contribution in [1.82, 2.24) is 0 Å². The minimum absolute atomic E-state index is 0.209. The van der Waals surface area contributed by atoms with E-state index >= 15 is 0 Å². The number of aromatic carboxylic acids is 1. The van der Waals surface area contributed by atoms with Crippen LogP contribution < -0.4 is 0 Å². The summed E-state index contributed by atoms with van der Waals surface area (Å²) in [6.45, 7) is 0. The van der Waals surface area contributed by atoms with Gasteiger partial charge in [0.05, 0.1) is 11.7 Å². The van der Waals surface area contributed by atoms with Crippen molar-refractivity contribution in [3.63, 3.8) is 0 Å². The monoisotopic (exact) mass is 262 g/mol. The van der Waals surface area contributed by atoms with Gasteiger partial charge in [-0.1, -0.05) is 31.4 Å². The van der Waals surface area contributed by atoms with Gasteiger partial charge >= 0.3 is 5.97 Å². The molecule has 1 fully saturated rings. The Kier molecular flexibility index (Phi) is 4.97. The van der Waals surface area contributed by atoms with E-state index in [4.69, 9.17) is 5.11 Å². The number of carboxylic acids is 1. The lowest BCUT2D eigenvalue weighted by Gasteiger charge is -2.26. The van der Waals surface area contributed by atoms with Crippen molar-refractivity contribution in [2.75, 3.05) is 0 Å². The van der Waals surface area contributed by atoms with Crippen molar-refractivity contribution in [1.29, 1.82) is 0 Å². The number of rotatable bonds is 5. The van der Waals surface area contributed by atoms with Crippen LogP contribution in [0.1, 0.15) is 54.4 Å². The summed E-state index contributed by atoms with van der Waals surface area (Å²) >= 11 is 0. The molecule has 0 radical (unpaired) electrons. The van der Waals surface area contributed by atoms with Crippen LogP contribution in [0.4, 0.5) is 0 Å². The van der Waals surface area contributed by atoms with Crippen molar-refractivity contribution >= 4 is 5.97 Å². The second-order valence-corrected chi connectivity index (χ2v) is 5.51. The molecule has 3 nitrogen and oxygen atoms in total. The highest BCUT2D eigenvalue weighted by Crippen LogP contribution is 2.28. The lowest BCUT2D eigenvalue weighted by atomic mass is 9.83. The Hall–Kier alpha value is -1.35. The standard InChI is InChI=1S/C16H22O3/c17-15(13-4-2-1-3-5-13)11-8-12-6-9-14(10-7-12)16(18)19/h6-7,9-10,13,15,17H,1-5,8,11H2,(H,18,19). The van der Waals surface area contributed by atoms with Gasteiger partial charge in [-0.2, -0.15) is 0 Å². The molecule has 1 saturated carbocycles. The maximum Gasteiger partial charge on any atom is 0.335 e. The predicted octanol–water partition coefficient (Wildman–Crippen LogP) is 3.26. The zero-order chi connectivity index (χ0) is 13.7. The van der Waals surface area contributed by atoms with Crippen LogP contribution in [0.25, 0.3) is 0 Å². The average Bonchev–Trinajstić information content (AvgIpc) is 2.46. The van der Waals surface area contributed by atoms with Crippen LogP contribution in [-0.2, 0) is 6.42 Å². The Labute approximate surface area is 114 Å². The summed E-state index contributed by atoms with van der Waals surface area (Å²) in [4.78, 5) is 10.7. The summed E-state index contributed by atoms with van der Waals surface area (Å²) in [6.07, 6.45) is 7.48.